The molecule has 1 atom stereocenters. The second kappa shape index (κ2) is 9.36. The van der Waals surface area contributed by atoms with Gasteiger partial charge in [-0.3, -0.25) is 14.7 Å². The van der Waals surface area contributed by atoms with Crippen LogP contribution >= 0.6 is 0 Å². The molecule has 0 saturated heterocycles. The van der Waals surface area contributed by atoms with Crippen molar-refractivity contribution in [2.75, 3.05) is 12.0 Å². The first kappa shape index (κ1) is 21.7. The van der Waals surface area contributed by atoms with Gasteiger partial charge in [-0.25, -0.2) is 0 Å². The number of carbonyl (C=O) groups excluding carboxylic acids is 1. The van der Waals surface area contributed by atoms with Gasteiger partial charge in [0.2, 0.25) is 0 Å². The van der Waals surface area contributed by atoms with Crippen LogP contribution in [0.3, 0.4) is 0 Å². The molecule has 5 rings (SSSR count). The van der Waals surface area contributed by atoms with Gasteiger partial charge in [-0.05, 0) is 66.6 Å². The van der Waals surface area contributed by atoms with E-state index in [4.69, 9.17) is 9.73 Å². The number of carbonyl (C=O) groups is 1. The van der Waals surface area contributed by atoms with Crippen molar-refractivity contribution >= 4 is 23.0 Å². The molecule has 4 nitrogen and oxygen atoms in total. The van der Waals surface area contributed by atoms with Gasteiger partial charge in [0, 0.05) is 12.0 Å². The van der Waals surface area contributed by atoms with Crippen molar-refractivity contribution < 1.29 is 9.53 Å². The normalized spacial score (nSPS) is 15.2. The van der Waals surface area contributed by atoms with E-state index in [1.54, 1.807) is 7.11 Å². The van der Waals surface area contributed by atoms with Gasteiger partial charge >= 0.3 is 0 Å². The minimum Gasteiger partial charge on any atom is -0.497 e. The lowest BCUT2D eigenvalue weighted by atomic mass is 9.95. The maximum absolute atomic E-state index is 14.0. The van der Waals surface area contributed by atoms with Crippen molar-refractivity contribution in [2.45, 2.75) is 19.4 Å². The topological polar surface area (TPSA) is 41.9 Å². The highest BCUT2D eigenvalue weighted by Crippen LogP contribution is 2.41. The highest BCUT2D eigenvalue weighted by molar-refractivity contribution is 6.11. The average Bonchev–Trinajstić information content (AvgIpc) is 3.06. The number of amides is 1. The molecule has 0 saturated carbocycles. The summed E-state index contributed by atoms with van der Waals surface area (Å²) in [7, 11) is 1.66. The number of para-hydroxylation sites is 2. The number of benzene rings is 4. The van der Waals surface area contributed by atoms with Gasteiger partial charge in [0.05, 0.1) is 30.2 Å². The lowest BCUT2D eigenvalue weighted by molar-refractivity contribution is 0.0977. The molecule has 1 amide bonds. The molecule has 1 heterocycles. The zero-order valence-corrected chi connectivity index (χ0v) is 19.3. The highest BCUT2D eigenvalue weighted by atomic mass is 16.5. The SMILES string of the molecule is COc1ccc(C2=Nc3ccccc3N(C(=O)c3ccc(C)cc3)[C@H](c3ccccc3)C2)cc1. The minimum absolute atomic E-state index is 0.0347. The van der Waals surface area contributed by atoms with E-state index in [1.165, 1.54) is 0 Å². The molecule has 0 N–H and O–H groups in total. The molecule has 0 aromatic heterocycles. The van der Waals surface area contributed by atoms with E-state index in [-0.39, 0.29) is 11.9 Å². The number of aryl methyl sites for hydroxylation is 1. The van der Waals surface area contributed by atoms with Crippen molar-refractivity contribution in [1.82, 2.24) is 0 Å². The van der Waals surface area contributed by atoms with E-state index in [0.717, 1.165) is 39.5 Å². The van der Waals surface area contributed by atoms with E-state index in [0.29, 0.717) is 12.0 Å². The van der Waals surface area contributed by atoms with Crippen LogP contribution in [-0.4, -0.2) is 18.7 Å². The quantitative estimate of drug-likeness (QED) is 0.342. The molecular formula is C30H26N2O2. The molecule has 4 aromatic rings. The smallest absolute Gasteiger partial charge is 0.258 e. The van der Waals surface area contributed by atoms with E-state index in [2.05, 4.69) is 12.1 Å². The Labute approximate surface area is 200 Å². The monoisotopic (exact) mass is 446 g/mol. The standard InChI is InChI=1S/C30H26N2O2/c1-21-12-14-24(15-13-21)30(33)32-28-11-7-6-10-26(28)31-27(22-16-18-25(34-2)19-17-22)20-29(32)23-8-4-3-5-9-23/h3-19,29H,20H2,1-2H3/t29-/m0/s1. The van der Waals surface area contributed by atoms with E-state index in [9.17, 15) is 4.79 Å². The van der Waals surface area contributed by atoms with Gasteiger partial charge in [-0.15, -0.1) is 0 Å². The Balaban J connectivity index is 1.67. The molecule has 1 aliphatic rings. The van der Waals surface area contributed by atoms with Gasteiger partial charge in [-0.1, -0.05) is 60.2 Å². The summed E-state index contributed by atoms with van der Waals surface area (Å²) in [5, 5.41) is 0. The van der Waals surface area contributed by atoms with Crippen LogP contribution in [0, 0.1) is 6.92 Å². The van der Waals surface area contributed by atoms with Crippen molar-refractivity contribution in [3.05, 3.63) is 125 Å². The van der Waals surface area contributed by atoms with Crippen LogP contribution in [0.25, 0.3) is 0 Å². The fourth-order valence-corrected chi connectivity index (χ4v) is 4.39. The van der Waals surface area contributed by atoms with Gasteiger partial charge in [0.15, 0.2) is 0 Å². The zero-order chi connectivity index (χ0) is 23.5. The molecule has 1 aliphatic heterocycles. The molecule has 0 radical (unpaired) electrons. The van der Waals surface area contributed by atoms with Crippen LogP contribution in [0.2, 0.25) is 0 Å². The number of fused-ring (bicyclic) bond motifs is 1. The summed E-state index contributed by atoms with van der Waals surface area (Å²) in [6, 6.07) is 33.6. The maximum atomic E-state index is 14.0. The molecule has 0 fully saturated rings. The predicted octanol–water partition coefficient (Wildman–Crippen LogP) is 6.92. The molecular weight excluding hydrogens is 420 g/mol. The summed E-state index contributed by atoms with van der Waals surface area (Å²) in [6.07, 6.45) is 0.586. The van der Waals surface area contributed by atoms with Crippen LogP contribution in [0.5, 0.6) is 5.75 Å². The number of rotatable bonds is 4. The first-order chi connectivity index (χ1) is 16.6. The lowest BCUT2D eigenvalue weighted by Gasteiger charge is -2.32. The van der Waals surface area contributed by atoms with Crippen LogP contribution in [0.1, 0.15) is 39.5 Å². The van der Waals surface area contributed by atoms with Crippen molar-refractivity contribution in [2.24, 2.45) is 4.99 Å². The number of aliphatic imine (C=N–C) groups is 1. The predicted molar refractivity (Wildman–Crippen MR) is 137 cm³/mol. The number of hydrogen-bond donors (Lipinski definition) is 0. The van der Waals surface area contributed by atoms with Gasteiger partial charge in [0.1, 0.15) is 5.75 Å². The van der Waals surface area contributed by atoms with E-state index < -0.39 is 0 Å². The molecule has 0 unspecified atom stereocenters. The number of anilines is 1. The van der Waals surface area contributed by atoms with Crippen LogP contribution in [0.15, 0.2) is 108 Å². The number of ether oxygens (including phenoxy) is 1. The summed E-state index contributed by atoms with van der Waals surface area (Å²) >= 11 is 0. The molecule has 0 spiro atoms. The number of nitrogens with zero attached hydrogens (tertiary/aromatic N) is 2. The second-order valence-electron chi connectivity index (χ2n) is 8.45. The largest absolute Gasteiger partial charge is 0.497 e. The Morgan fingerprint density at radius 2 is 1.53 bits per heavy atom. The molecule has 34 heavy (non-hydrogen) atoms. The van der Waals surface area contributed by atoms with Gasteiger partial charge < -0.3 is 4.74 Å². The number of hydrogen-bond acceptors (Lipinski definition) is 3. The van der Waals surface area contributed by atoms with Crippen molar-refractivity contribution in [1.29, 1.82) is 0 Å². The zero-order valence-electron chi connectivity index (χ0n) is 19.3. The van der Waals surface area contributed by atoms with Crippen molar-refractivity contribution in [3.63, 3.8) is 0 Å². The third kappa shape index (κ3) is 4.23. The Kier molecular flexibility index (Phi) is 5.96. The third-order valence-electron chi connectivity index (χ3n) is 6.22. The Morgan fingerprint density at radius 1 is 0.853 bits per heavy atom. The summed E-state index contributed by atoms with van der Waals surface area (Å²) < 4.78 is 5.34. The lowest BCUT2D eigenvalue weighted by Crippen LogP contribution is -2.35. The fourth-order valence-electron chi connectivity index (χ4n) is 4.39. The van der Waals surface area contributed by atoms with Gasteiger partial charge in [0.25, 0.3) is 5.91 Å². The van der Waals surface area contributed by atoms with E-state index >= 15 is 0 Å². The van der Waals surface area contributed by atoms with Crippen LogP contribution in [0.4, 0.5) is 11.4 Å². The summed E-state index contributed by atoms with van der Waals surface area (Å²) in [5.74, 6) is 0.765. The van der Waals surface area contributed by atoms with E-state index in [1.807, 2.05) is 103 Å². The Bertz CT molecular complexity index is 1330. The summed E-state index contributed by atoms with van der Waals surface area (Å²) in [4.78, 5) is 21.0. The minimum atomic E-state index is -0.209. The van der Waals surface area contributed by atoms with Gasteiger partial charge in [-0.2, -0.15) is 0 Å². The summed E-state index contributed by atoms with van der Waals surface area (Å²) in [5.41, 5.74) is 6.40. The van der Waals surface area contributed by atoms with Crippen LogP contribution < -0.4 is 9.64 Å². The van der Waals surface area contributed by atoms with Crippen molar-refractivity contribution in [3.8, 4) is 5.75 Å². The number of methoxy groups -OCH3 is 1. The first-order valence-electron chi connectivity index (χ1n) is 11.4. The molecule has 168 valence electrons. The molecule has 0 bridgehead atoms. The molecule has 4 heteroatoms. The fraction of sp³-hybridized carbons (Fsp3) is 0.133. The average molecular weight is 447 g/mol. The first-order valence-corrected chi connectivity index (χ1v) is 11.4. The second-order valence-corrected chi connectivity index (χ2v) is 8.45. The van der Waals surface area contributed by atoms with Crippen LogP contribution in [-0.2, 0) is 0 Å². The third-order valence-corrected chi connectivity index (χ3v) is 6.22. The Morgan fingerprint density at radius 3 is 2.24 bits per heavy atom. The maximum Gasteiger partial charge on any atom is 0.258 e. The molecule has 4 aromatic carbocycles. The highest BCUT2D eigenvalue weighted by Gasteiger charge is 2.33. The molecule has 0 aliphatic carbocycles. The Hall–Kier alpha value is -4.18. The summed E-state index contributed by atoms with van der Waals surface area (Å²) in [6.45, 7) is 2.03.